The lowest BCUT2D eigenvalue weighted by Crippen LogP contribution is -2.58. The van der Waals surface area contributed by atoms with Gasteiger partial charge in [-0.1, -0.05) is 65.7 Å². The maximum atomic E-state index is 13.5. The number of aliphatic carboxylic acids is 1. The van der Waals surface area contributed by atoms with Crippen LogP contribution in [0.5, 0.6) is 0 Å². The van der Waals surface area contributed by atoms with Gasteiger partial charge < -0.3 is 10.4 Å². The first-order chi connectivity index (χ1) is 18.5. The van der Waals surface area contributed by atoms with E-state index in [4.69, 9.17) is 23.2 Å². The number of carbonyl (C=O) groups excluding carboxylic acids is 1. The van der Waals surface area contributed by atoms with Gasteiger partial charge in [-0.2, -0.15) is 4.31 Å². The third kappa shape index (κ3) is 6.28. The zero-order valence-electron chi connectivity index (χ0n) is 21.4. The molecule has 0 radical (unpaired) electrons. The van der Waals surface area contributed by atoms with Gasteiger partial charge in [-0.05, 0) is 67.0 Å². The van der Waals surface area contributed by atoms with Crippen molar-refractivity contribution < 1.29 is 23.1 Å². The van der Waals surface area contributed by atoms with E-state index in [0.717, 1.165) is 25.9 Å². The van der Waals surface area contributed by atoms with Gasteiger partial charge in [0.25, 0.3) is 0 Å². The van der Waals surface area contributed by atoms with Gasteiger partial charge in [0, 0.05) is 27.9 Å². The van der Waals surface area contributed by atoms with E-state index >= 15 is 0 Å². The lowest BCUT2D eigenvalue weighted by atomic mass is 9.97. The molecule has 1 saturated heterocycles. The lowest BCUT2D eigenvalue weighted by Gasteiger charge is -2.34. The predicted octanol–water partition coefficient (Wildman–Crippen LogP) is 5.74. The number of thioether (sulfide) groups is 1. The first-order valence-corrected chi connectivity index (χ1v) is 15.6. The van der Waals surface area contributed by atoms with Crippen LogP contribution in [0.4, 0.5) is 0 Å². The molecule has 0 aromatic heterocycles. The van der Waals surface area contributed by atoms with Crippen LogP contribution < -0.4 is 5.32 Å². The molecule has 1 heterocycles. The number of carboxylic acids is 1. The van der Waals surface area contributed by atoms with Crippen LogP contribution in [-0.2, 0) is 26.0 Å². The summed E-state index contributed by atoms with van der Waals surface area (Å²) < 4.78 is 28.1. The van der Waals surface area contributed by atoms with Crippen LogP contribution in [0, 0.1) is 0 Å². The highest BCUT2D eigenvalue weighted by Crippen LogP contribution is 2.36. The average Bonchev–Trinajstić information content (AvgIpc) is 3.31. The van der Waals surface area contributed by atoms with Gasteiger partial charge in [0.2, 0.25) is 15.9 Å². The van der Waals surface area contributed by atoms with Gasteiger partial charge in [0.15, 0.2) is 0 Å². The van der Waals surface area contributed by atoms with Gasteiger partial charge in [0.1, 0.15) is 11.6 Å². The topological polar surface area (TPSA) is 104 Å². The first-order valence-electron chi connectivity index (χ1n) is 12.2. The summed E-state index contributed by atoms with van der Waals surface area (Å²) in [4.78, 5) is 26.6. The zero-order valence-corrected chi connectivity index (χ0v) is 24.5. The Morgan fingerprint density at radius 3 is 2.33 bits per heavy atom. The molecule has 0 saturated carbocycles. The molecule has 3 aromatic rings. The minimum absolute atomic E-state index is 0.0399. The second-order valence-corrected chi connectivity index (χ2v) is 13.1. The summed E-state index contributed by atoms with van der Waals surface area (Å²) in [6.45, 7) is 1.61. The predicted molar refractivity (Wildman–Crippen MR) is 155 cm³/mol. The molecule has 1 aliphatic rings. The molecule has 4 rings (SSSR count). The lowest BCUT2D eigenvalue weighted by molar-refractivity contribution is -0.143. The third-order valence-corrected chi connectivity index (χ3v) is 10.1. The minimum Gasteiger partial charge on any atom is -0.480 e. The van der Waals surface area contributed by atoms with Crippen LogP contribution in [-0.4, -0.2) is 54.1 Å². The van der Waals surface area contributed by atoms with Gasteiger partial charge >= 0.3 is 5.97 Å². The largest absolute Gasteiger partial charge is 0.480 e. The maximum absolute atomic E-state index is 13.5. The molecule has 2 atom stereocenters. The standard InChI is InChI=1S/C28H28Cl2N2O5S2/c1-28(12-5-13-32(28)39(36,37)22-16-20(29)15-21(30)17-22)27(35)31-24(26(33)34)14-18-8-10-19(11-9-18)23-6-3-4-7-25(23)38-2/h3-4,6-11,15-17,24H,5,12-14H2,1-2H3,(H,31,35)(H,33,34)/t24?,28-/m0/s1. The number of sulfonamides is 1. The van der Waals surface area contributed by atoms with Crippen molar-refractivity contribution in [1.82, 2.24) is 9.62 Å². The van der Waals surface area contributed by atoms with E-state index in [2.05, 4.69) is 5.32 Å². The fraction of sp³-hybridized carbons (Fsp3) is 0.286. The number of amides is 1. The number of rotatable bonds is 9. The normalized spacial score (nSPS) is 18.6. The van der Waals surface area contributed by atoms with Gasteiger partial charge in [-0.15, -0.1) is 11.8 Å². The maximum Gasteiger partial charge on any atom is 0.326 e. The van der Waals surface area contributed by atoms with Gasteiger partial charge in [-0.25, -0.2) is 13.2 Å². The van der Waals surface area contributed by atoms with Crippen LogP contribution >= 0.6 is 35.0 Å². The number of hydrogen-bond acceptors (Lipinski definition) is 5. The smallest absolute Gasteiger partial charge is 0.326 e. The summed E-state index contributed by atoms with van der Waals surface area (Å²) in [6.07, 6.45) is 2.73. The molecule has 11 heteroatoms. The van der Waals surface area contributed by atoms with Gasteiger partial charge in [-0.3, -0.25) is 4.79 Å². The van der Waals surface area contributed by atoms with Crippen molar-refractivity contribution in [2.45, 2.75) is 47.6 Å². The van der Waals surface area contributed by atoms with E-state index in [0.29, 0.717) is 6.42 Å². The number of hydrogen-bond donors (Lipinski definition) is 2. The monoisotopic (exact) mass is 606 g/mol. The molecule has 7 nitrogen and oxygen atoms in total. The second-order valence-electron chi connectivity index (χ2n) is 9.53. The molecular weight excluding hydrogens is 579 g/mol. The Balaban J connectivity index is 1.53. The molecule has 206 valence electrons. The summed E-state index contributed by atoms with van der Waals surface area (Å²) >= 11 is 13.7. The Bertz CT molecular complexity index is 1480. The zero-order chi connectivity index (χ0) is 28.4. The summed E-state index contributed by atoms with van der Waals surface area (Å²) in [6, 6.07) is 18.3. The summed E-state index contributed by atoms with van der Waals surface area (Å²) in [7, 11) is -4.13. The number of benzene rings is 3. The van der Waals surface area contributed by atoms with Crippen molar-refractivity contribution in [1.29, 1.82) is 0 Å². The minimum atomic E-state index is -4.13. The van der Waals surface area contributed by atoms with Crippen molar-refractivity contribution in [3.8, 4) is 11.1 Å². The van der Waals surface area contributed by atoms with E-state index in [1.165, 1.54) is 25.1 Å². The van der Waals surface area contributed by atoms with E-state index < -0.39 is 33.5 Å². The van der Waals surface area contributed by atoms with Crippen molar-refractivity contribution in [3.63, 3.8) is 0 Å². The van der Waals surface area contributed by atoms with E-state index in [1.54, 1.807) is 11.8 Å². The molecule has 39 heavy (non-hydrogen) atoms. The fourth-order valence-electron chi connectivity index (χ4n) is 4.81. The average molecular weight is 608 g/mol. The SMILES string of the molecule is CSc1ccccc1-c1ccc(CC(NC(=O)[C@]2(C)CCCN2S(=O)(=O)c2cc(Cl)cc(Cl)c2)C(=O)O)cc1. The van der Waals surface area contributed by atoms with E-state index in [1.807, 2.05) is 54.8 Å². The quantitative estimate of drug-likeness (QED) is 0.301. The van der Waals surface area contributed by atoms with Crippen LogP contribution in [0.2, 0.25) is 10.0 Å². The second kappa shape index (κ2) is 11.9. The number of halogens is 2. The third-order valence-electron chi connectivity index (χ3n) is 6.90. The Kier molecular flexibility index (Phi) is 8.98. The highest BCUT2D eigenvalue weighted by Gasteiger charge is 2.50. The molecule has 2 N–H and O–H groups in total. The molecule has 1 unspecified atom stereocenters. The molecular formula is C28H28Cl2N2O5S2. The number of carboxylic acid groups (broad SMARTS) is 1. The Morgan fingerprint density at radius 1 is 1.08 bits per heavy atom. The molecule has 1 fully saturated rings. The van der Waals surface area contributed by atoms with Crippen LogP contribution in [0.15, 0.2) is 76.5 Å². The molecule has 3 aromatic carbocycles. The fourth-order valence-corrected chi connectivity index (χ4v) is 7.96. The van der Waals surface area contributed by atoms with Gasteiger partial charge in [0.05, 0.1) is 4.90 Å². The highest BCUT2D eigenvalue weighted by molar-refractivity contribution is 7.98. The Hall–Kier alpha value is -2.56. The van der Waals surface area contributed by atoms with Crippen molar-refractivity contribution >= 4 is 56.9 Å². The van der Waals surface area contributed by atoms with Crippen LogP contribution in [0.1, 0.15) is 25.3 Å². The van der Waals surface area contributed by atoms with E-state index in [9.17, 15) is 23.1 Å². The van der Waals surface area contributed by atoms with Crippen LogP contribution in [0.3, 0.4) is 0 Å². The number of nitrogens with zero attached hydrogens (tertiary/aromatic N) is 1. The Labute approximate surface area is 242 Å². The van der Waals surface area contributed by atoms with Crippen LogP contribution in [0.25, 0.3) is 11.1 Å². The summed E-state index contributed by atoms with van der Waals surface area (Å²) in [5.41, 5.74) is 1.33. The van der Waals surface area contributed by atoms with Crippen molar-refractivity contribution in [3.05, 3.63) is 82.3 Å². The summed E-state index contributed by atoms with van der Waals surface area (Å²) in [5, 5.41) is 12.8. The highest BCUT2D eigenvalue weighted by atomic mass is 35.5. The molecule has 0 spiro atoms. The summed E-state index contributed by atoms with van der Waals surface area (Å²) in [5.74, 6) is -1.88. The molecule has 1 aliphatic heterocycles. The Morgan fingerprint density at radius 2 is 1.72 bits per heavy atom. The van der Waals surface area contributed by atoms with E-state index in [-0.39, 0.29) is 34.3 Å². The first kappa shape index (κ1) is 29.4. The van der Waals surface area contributed by atoms with Crippen molar-refractivity contribution in [2.24, 2.45) is 0 Å². The number of nitrogens with one attached hydrogen (secondary N) is 1. The number of carbonyl (C=O) groups is 2. The molecule has 0 bridgehead atoms. The van der Waals surface area contributed by atoms with Crippen molar-refractivity contribution in [2.75, 3.05) is 12.8 Å². The molecule has 0 aliphatic carbocycles. The molecule has 1 amide bonds.